The Kier molecular flexibility index (Phi) is 4.77. The summed E-state index contributed by atoms with van der Waals surface area (Å²) in [5, 5.41) is 9.18. The molecular weight excluding hydrogens is 387 g/mol. The van der Waals surface area contributed by atoms with Crippen LogP contribution in [0, 0.1) is 0 Å². The molecule has 0 fully saturated rings. The summed E-state index contributed by atoms with van der Waals surface area (Å²) >= 11 is 0. The van der Waals surface area contributed by atoms with Gasteiger partial charge in [0.15, 0.2) is 6.61 Å². The largest absolute Gasteiger partial charge is 0.484 e. The lowest BCUT2D eigenvalue weighted by Gasteiger charge is -2.24. The van der Waals surface area contributed by atoms with E-state index in [4.69, 9.17) is 0 Å². The van der Waals surface area contributed by atoms with Crippen molar-refractivity contribution in [1.29, 1.82) is 0 Å². The maximum Gasteiger partial charge on any atom is 0.422 e. The molecule has 144 valence electrons. The van der Waals surface area contributed by atoms with Crippen molar-refractivity contribution >= 4 is 21.7 Å². The van der Waals surface area contributed by atoms with Crippen molar-refractivity contribution in [1.82, 2.24) is 0 Å². The Morgan fingerprint density at radius 3 is 2.33 bits per heavy atom. The Morgan fingerprint density at radius 2 is 1.74 bits per heavy atom. The highest BCUT2D eigenvalue weighted by Crippen LogP contribution is 2.44. The van der Waals surface area contributed by atoms with Crippen LogP contribution in [0.4, 0.5) is 18.9 Å². The number of halogens is 3. The Bertz CT molecular complexity index is 957. The number of ether oxygens (including phenoxy) is 1. The van der Waals surface area contributed by atoms with Crippen molar-refractivity contribution in [3.8, 4) is 5.75 Å². The third-order valence-corrected chi connectivity index (χ3v) is 5.87. The number of rotatable bonds is 5. The van der Waals surface area contributed by atoms with Crippen molar-refractivity contribution in [2.75, 3.05) is 10.9 Å². The minimum absolute atomic E-state index is 0.00801. The lowest BCUT2D eigenvalue weighted by Crippen LogP contribution is -2.29. The third-order valence-electron chi connectivity index (χ3n) is 3.96. The second kappa shape index (κ2) is 6.76. The number of alkyl halides is 3. The van der Waals surface area contributed by atoms with Crippen LogP contribution in [0.5, 0.6) is 5.75 Å². The lowest BCUT2D eigenvalue weighted by molar-refractivity contribution is -0.153. The van der Waals surface area contributed by atoms with Gasteiger partial charge in [-0.05, 0) is 35.9 Å². The Balaban J connectivity index is 1.95. The van der Waals surface area contributed by atoms with Crippen molar-refractivity contribution in [2.45, 2.75) is 23.5 Å². The quantitative estimate of drug-likeness (QED) is 0.831. The molecule has 0 aromatic heterocycles. The maximum absolute atomic E-state index is 12.9. The van der Waals surface area contributed by atoms with E-state index in [9.17, 15) is 31.5 Å². The number of aliphatic carboxylic acids is 1. The number of nitrogens with zero attached hydrogens (tertiary/aromatic N) is 1. The monoisotopic (exact) mass is 401 g/mol. The van der Waals surface area contributed by atoms with E-state index >= 15 is 0 Å². The molecule has 0 saturated heterocycles. The summed E-state index contributed by atoms with van der Waals surface area (Å²) in [5.41, 5.74) is 0.495. The normalized spacial score (nSPS) is 18.2. The fourth-order valence-electron chi connectivity index (χ4n) is 2.92. The van der Waals surface area contributed by atoms with Gasteiger partial charge in [0.1, 0.15) is 5.75 Å². The van der Waals surface area contributed by atoms with Crippen LogP contribution in [-0.2, 0) is 14.8 Å². The minimum atomic E-state index is -4.49. The fourth-order valence-corrected chi connectivity index (χ4v) is 4.81. The highest BCUT2D eigenvalue weighted by molar-refractivity contribution is 7.93. The van der Waals surface area contributed by atoms with Crippen LogP contribution in [0.1, 0.15) is 18.0 Å². The molecule has 1 aliphatic rings. The molecule has 27 heavy (non-hydrogen) atoms. The van der Waals surface area contributed by atoms with Gasteiger partial charge in [-0.2, -0.15) is 13.2 Å². The van der Waals surface area contributed by atoms with E-state index in [-0.39, 0.29) is 16.3 Å². The van der Waals surface area contributed by atoms with Crippen LogP contribution in [0.25, 0.3) is 0 Å². The van der Waals surface area contributed by atoms with E-state index in [0.717, 1.165) is 4.31 Å². The molecule has 0 saturated carbocycles. The van der Waals surface area contributed by atoms with Gasteiger partial charge in [0.05, 0.1) is 23.0 Å². The predicted molar refractivity (Wildman–Crippen MR) is 89.1 cm³/mol. The lowest BCUT2D eigenvalue weighted by atomic mass is 10.0. The van der Waals surface area contributed by atoms with Crippen LogP contribution in [0.3, 0.4) is 0 Å². The molecule has 0 radical (unpaired) electrons. The zero-order chi connectivity index (χ0) is 19.8. The Morgan fingerprint density at radius 1 is 1.11 bits per heavy atom. The number of fused-ring (bicyclic) bond motifs is 1. The Labute approximate surface area is 152 Å². The van der Waals surface area contributed by atoms with Crippen LogP contribution < -0.4 is 9.04 Å². The van der Waals surface area contributed by atoms with Crippen LogP contribution in [-0.4, -0.2) is 32.3 Å². The molecule has 1 aliphatic heterocycles. The summed E-state index contributed by atoms with van der Waals surface area (Å²) in [5.74, 6) is -1.26. The van der Waals surface area contributed by atoms with Gasteiger partial charge < -0.3 is 9.84 Å². The topological polar surface area (TPSA) is 83.9 Å². The summed E-state index contributed by atoms with van der Waals surface area (Å²) in [6, 6.07) is 10.1. The highest BCUT2D eigenvalue weighted by atomic mass is 32.2. The first kappa shape index (κ1) is 19.0. The average molecular weight is 401 g/mol. The first-order valence-electron chi connectivity index (χ1n) is 7.74. The van der Waals surface area contributed by atoms with Crippen molar-refractivity contribution in [2.24, 2.45) is 0 Å². The standard InChI is InChI=1S/C17H14F3NO5S/c18-17(19,20)10-26-12-7-5-11(6-8-12)21-14(9-16(22)23)13-3-1-2-4-15(13)27(21,24)25/h1-8,14H,9-10H2,(H,22,23). The molecule has 3 rings (SSSR count). The average Bonchev–Trinajstić information content (AvgIpc) is 2.80. The second-order valence-electron chi connectivity index (χ2n) is 5.85. The van der Waals surface area contributed by atoms with Gasteiger partial charge in [-0.1, -0.05) is 18.2 Å². The number of carboxylic acids is 1. The number of carbonyl (C=O) groups is 1. The first-order valence-corrected chi connectivity index (χ1v) is 9.18. The second-order valence-corrected chi connectivity index (χ2v) is 7.63. The number of hydrogen-bond donors (Lipinski definition) is 1. The fraction of sp³-hybridized carbons (Fsp3) is 0.235. The number of sulfonamides is 1. The van der Waals surface area contributed by atoms with E-state index in [0.29, 0.717) is 5.56 Å². The predicted octanol–water partition coefficient (Wildman–Crippen LogP) is 3.35. The van der Waals surface area contributed by atoms with Gasteiger partial charge in [0, 0.05) is 0 Å². The number of hydrogen-bond acceptors (Lipinski definition) is 4. The minimum Gasteiger partial charge on any atom is -0.484 e. The van der Waals surface area contributed by atoms with Gasteiger partial charge in [-0.25, -0.2) is 8.42 Å². The number of carboxylic acid groups (broad SMARTS) is 1. The van der Waals surface area contributed by atoms with Gasteiger partial charge in [-0.3, -0.25) is 9.10 Å². The third kappa shape index (κ3) is 3.85. The Hall–Kier alpha value is -2.75. The summed E-state index contributed by atoms with van der Waals surface area (Å²) < 4.78 is 68.0. The maximum atomic E-state index is 12.9. The zero-order valence-corrected chi connectivity index (χ0v) is 14.5. The molecule has 0 aliphatic carbocycles. The van der Waals surface area contributed by atoms with Crippen molar-refractivity contribution in [3.05, 3.63) is 54.1 Å². The van der Waals surface area contributed by atoms with Crippen LogP contribution in [0.15, 0.2) is 53.4 Å². The van der Waals surface area contributed by atoms with Gasteiger partial charge in [-0.15, -0.1) is 0 Å². The molecule has 1 atom stereocenters. The van der Waals surface area contributed by atoms with E-state index in [2.05, 4.69) is 4.74 Å². The molecule has 1 N–H and O–H groups in total. The van der Waals surface area contributed by atoms with Crippen molar-refractivity contribution in [3.63, 3.8) is 0 Å². The van der Waals surface area contributed by atoms with Crippen molar-refractivity contribution < 1.29 is 36.2 Å². The molecule has 0 bridgehead atoms. The molecule has 0 spiro atoms. The molecule has 6 nitrogen and oxygen atoms in total. The summed E-state index contributed by atoms with van der Waals surface area (Å²) in [6.07, 6.45) is -4.95. The molecule has 1 heterocycles. The van der Waals surface area contributed by atoms with E-state index in [1.54, 1.807) is 12.1 Å². The smallest absolute Gasteiger partial charge is 0.422 e. The van der Waals surface area contributed by atoms with Gasteiger partial charge in [0.25, 0.3) is 10.0 Å². The van der Waals surface area contributed by atoms with Crippen LogP contribution >= 0.6 is 0 Å². The molecule has 10 heteroatoms. The van der Waals surface area contributed by atoms with Crippen LogP contribution in [0.2, 0.25) is 0 Å². The van der Waals surface area contributed by atoms with E-state index in [1.807, 2.05) is 0 Å². The van der Waals surface area contributed by atoms with E-state index < -0.39 is 41.2 Å². The number of anilines is 1. The molecule has 2 aromatic rings. The zero-order valence-electron chi connectivity index (χ0n) is 13.7. The molecule has 2 aromatic carbocycles. The first-order chi connectivity index (χ1) is 12.6. The number of benzene rings is 2. The molecular formula is C17H14F3NO5S. The van der Waals surface area contributed by atoms with Gasteiger partial charge in [0.2, 0.25) is 0 Å². The molecule has 0 amide bonds. The summed E-state index contributed by atoms with van der Waals surface area (Å²) in [4.78, 5) is 11.2. The molecule has 1 unspecified atom stereocenters. The van der Waals surface area contributed by atoms with Gasteiger partial charge >= 0.3 is 12.1 Å². The summed E-state index contributed by atoms with van der Waals surface area (Å²) in [7, 11) is -3.99. The summed E-state index contributed by atoms with van der Waals surface area (Å²) in [6.45, 7) is -1.47. The highest BCUT2D eigenvalue weighted by Gasteiger charge is 2.43. The SMILES string of the molecule is O=C(O)CC1c2ccccc2S(=O)(=O)N1c1ccc(OCC(F)(F)F)cc1. The van der Waals surface area contributed by atoms with E-state index in [1.165, 1.54) is 36.4 Å².